The third-order valence-electron chi connectivity index (χ3n) is 10.4. The molecule has 0 amide bonds. The van der Waals surface area contributed by atoms with Crippen LogP contribution in [0.4, 0.5) is 0 Å². The van der Waals surface area contributed by atoms with Crippen molar-refractivity contribution in [2.75, 3.05) is 0 Å². The molecule has 0 atom stereocenters. The number of thiophene rings is 2. The van der Waals surface area contributed by atoms with E-state index in [2.05, 4.69) is 146 Å². The molecule has 8 aromatic carbocycles. The zero-order chi connectivity index (χ0) is 36.2. The Hall–Kier alpha value is -6.82. The van der Waals surface area contributed by atoms with Crippen LogP contribution in [-0.4, -0.2) is 0 Å². The molecule has 0 aliphatic rings. The van der Waals surface area contributed by atoms with Crippen LogP contribution in [0, 0.1) is 22.7 Å². The molecule has 0 N–H and O–H groups in total. The van der Waals surface area contributed by atoms with Gasteiger partial charge in [-0.2, -0.15) is 10.5 Å². The minimum atomic E-state index is 0.660. The molecule has 4 heteroatoms. The predicted molar refractivity (Wildman–Crippen MR) is 229 cm³/mol. The van der Waals surface area contributed by atoms with E-state index in [9.17, 15) is 10.5 Å². The third-order valence-corrected chi connectivity index (χ3v) is 12.7. The van der Waals surface area contributed by atoms with Gasteiger partial charge in [-0.3, -0.25) is 0 Å². The fraction of sp³-hybridized carbons (Fsp3) is 0. The van der Waals surface area contributed by atoms with Gasteiger partial charge < -0.3 is 0 Å². The Labute approximate surface area is 320 Å². The number of hydrogen-bond donors (Lipinski definition) is 0. The highest BCUT2D eigenvalue weighted by Gasteiger charge is 2.16. The van der Waals surface area contributed by atoms with Crippen molar-refractivity contribution in [2.24, 2.45) is 0 Å². The van der Waals surface area contributed by atoms with Gasteiger partial charge in [-0.1, -0.05) is 133 Å². The van der Waals surface area contributed by atoms with E-state index in [1.807, 2.05) is 36.4 Å². The molecule has 0 spiro atoms. The van der Waals surface area contributed by atoms with Gasteiger partial charge in [0.1, 0.15) is 12.1 Å². The van der Waals surface area contributed by atoms with Gasteiger partial charge in [0.15, 0.2) is 0 Å². The Morgan fingerprint density at radius 1 is 0.296 bits per heavy atom. The molecule has 250 valence electrons. The Bertz CT molecular complexity index is 2990. The number of hydrogen-bond acceptors (Lipinski definition) is 4. The highest BCUT2D eigenvalue weighted by Crippen LogP contribution is 2.41. The molecule has 0 aliphatic carbocycles. The summed E-state index contributed by atoms with van der Waals surface area (Å²) in [5.41, 5.74) is 11.1. The van der Waals surface area contributed by atoms with Crippen molar-refractivity contribution < 1.29 is 0 Å². The Kier molecular flexibility index (Phi) is 7.67. The second kappa shape index (κ2) is 13.0. The molecule has 54 heavy (non-hydrogen) atoms. The predicted octanol–water partition coefficient (Wildman–Crippen LogP) is 14.5. The van der Waals surface area contributed by atoms with Crippen molar-refractivity contribution in [1.82, 2.24) is 0 Å². The van der Waals surface area contributed by atoms with Gasteiger partial charge in [-0.05, 0) is 69.8 Å². The third kappa shape index (κ3) is 5.28. The molecule has 2 heterocycles. The van der Waals surface area contributed by atoms with Gasteiger partial charge >= 0.3 is 0 Å². The number of fused-ring (bicyclic) bond motifs is 6. The van der Waals surface area contributed by atoms with Crippen LogP contribution in [0.5, 0.6) is 0 Å². The lowest BCUT2D eigenvalue weighted by Crippen LogP contribution is -1.91. The summed E-state index contributed by atoms with van der Waals surface area (Å²) in [4.78, 5) is 0. The van der Waals surface area contributed by atoms with Gasteiger partial charge in [-0.15, -0.1) is 22.7 Å². The summed E-state index contributed by atoms with van der Waals surface area (Å²) < 4.78 is 4.96. The SMILES string of the molecule is N#Cc1c(-c2cccc(-c3cccc(-c4cccc(-c5ccc6c(c5)sc5ccccc56)c4C#N)c3)c2)cccc1-c1ccc2c(c1)sc1ccccc12. The fourth-order valence-electron chi connectivity index (χ4n) is 7.83. The zero-order valence-electron chi connectivity index (χ0n) is 28.9. The van der Waals surface area contributed by atoms with Gasteiger partial charge in [0.2, 0.25) is 0 Å². The molecule has 10 aromatic rings. The molecule has 0 fully saturated rings. The van der Waals surface area contributed by atoms with Crippen molar-refractivity contribution in [3.63, 3.8) is 0 Å². The first-order valence-electron chi connectivity index (χ1n) is 17.8. The van der Waals surface area contributed by atoms with E-state index >= 15 is 0 Å². The number of nitrogens with zero attached hydrogens (tertiary/aromatic N) is 2. The first-order valence-corrected chi connectivity index (χ1v) is 19.4. The minimum Gasteiger partial charge on any atom is -0.192 e. The van der Waals surface area contributed by atoms with E-state index in [0.717, 1.165) is 55.6 Å². The van der Waals surface area contributed by atoms with E-state index in [-0.39, 0.29) is 0 Å². The Balaban J connectivity index is 1.02. The topological polar surface area (TPSA) is 47.6 Å². The van der Waals surface area contributed by atoms with Crippen LogP contribution in [-0.2, 0) is 0 Å². The molecule has 0 saturated heterocycles. The van der Waals surface area contributed by atoms with E-state index < -0.39 is 0 Å². The second-order valence-corrected chi connectivity index (χ2v) is 15.6. The molecule has 0 aliphatic heterocycles. The molecular formula is C50H28N2S2. The number of benzene rings is 8. The molecule has 0 bridgehead atoms. The number of rotatable bonds is 5. The summed E-state index contributed by atoms with van der Waals surface area (Å²) in [6, 6.07) is 64.2. The summed E-state index contributed by atoms with van der Waals surface area (Å²) in [7, 11) is 0. The van der Waals surface area contributed by atoms with Gasteiger partial charge in [0.05, 0.1) is 11.1 Å². The summed E-state index contributed by atoms with van der Waals surface area (Å²) in [5, 5.41) is 26.1. The highest BCUT2D eigenvalue weighted by molar-refractivity contribution is 7.26. The lowest BCUT2D eigenvalue weighted by Gasteiger charge is -2.13. The summed E-state index contributed by atoms with van der Waals surface area (Å²) in [6.07, 6.45) is 0. The van der Waals surface area contributed by atoms with Crippen LogP contribution in [0.1, 0.15) is 11.1 Å². The monoisotopic (exact) mass is 720 g/mol. The van der Waals surface area contributed by atoms with Crippen LogP contribution in [0.25, 0.3) is 96.0 Å². The van der Waals surface area contributed by atoms with E-state index in [0.29, 0.717) is 11.1 Å². The molecule has 10 rings (SSSR count). The molecular weight excluding hydrogens is 693 g/mol. The summed E-state index contributed by atoms with van der Waals surface area (Å²) in [6.45, 7) is 0. The first kappa shape index (κ1) is 31.9. The van der Waals surface area contributed by atoms with Crippen molar-refractivity contribution in [1.29, 1.82) is 10.5 Å². The van der Waals surface area contributed by atoms with Crippen LogP contribution in [0.2, 0.25) is 0 Å². The largest absolute Gasteiger partial charge is 0.192 e. The number of nitriles is 2. The standard InChI is InChI=1S/C50H28N2S2/c51-29-45-37(15-7-17-39(45)35-21-23-43-41-13-1-3-19-47(41)53-49(43)27-35)33-11-5-9-31(25-33)32-10-6-12-34(26-32)38-16-8-18-40(46(38)30-52)36-22-24-44-42-14-2-4-20-48(42)54-50(44)28-36/h1-28H. The van der Waals surface area contributed by atoms with Crippen LogP contribution in [0.3, 0.4) is 0 Å². The fourth-order valence-corrected chi connectivity index (χ4v) is 10.1. The van der Waals surface area contributed by atoms with Gasteiger partial charge in [-0.25, -0.2) is 0 Å². The molecule has 0 radical (unpaired) electrons. The second-order valence-electron chi connectivity index (χ2n) is 13.5. The van der Waals surface area contributed by atoms with E-state index in [4.69, 9.17) is 0 Å². The molecule has 0 unspecified atom stereocenters. The highest BCUT2D eigenvalue weighted by atomic mass is 32.1. The van der Waals surface area contributed by atoms with Crippen molar-refractivity contribution in [2.45, 2.75) is 0 Å². The van der Waals surface area contributed by atoms with E-state index in [1.165, 1.54) is 40.3 Å². The molecule has 0 saturated carbocycles. The maximum absolute atomic E-state index is 10.6. The van der Waals surface area contributed by atoms with Crippen LogP contribution in [0.15, 0.2) is 170 Å². The van der Waals surface area contributed by atoms with Crippen LogP contribution >= 0.6 is 22.7 Å². The first-order chi connectivity index (χ1) is 26.7. The normalized spacial score (nSPS) is 11.3. The average molecular weight is 721 g/mol. The van der Waals surface area contributed by atoms with Gasteiger partial charge in [0.25, 0.3) is 0 Å². The van der Waals surface area contributed by atoms with Crippen molar-refractivity contribution in [3.05, 3.63) is 181 Å². The average Bonchev–Trinajstić information content (AvgIpc) is 3.80. The maximum Gasteiger partial charge on any atom is 0.100 e. The maximum atomic E-state index is 10.6. The smallest absolute Gasteiger partial charge is 0.100 e. The van der Waals surface area contributed by atoms with Crippen LogP contribution < -0.4 is 0 Å². The quantitative estimate of drug-likeness (QED) is 0.178. The van der Waals surface area contributed by atoms with E-state index in [1.54, 1.807) is 22.7 Å². The Morgan fingerprint density at radius 3 is 1.07 bits per heavy atom. The molecule has 2 aromatic heterocycles. The lowest BCUT2D eigenvalue weighted by molar-refractivity contribution is 1.47. The summed E-state index contributed by atoms with van der Waals surface area (Å²) >= 11 is 3.57. The summed E-state index contributed by atoms with van der Waals surface area (Å²) in [5.74, 6) is 0. The van der Waals surface area contributed by atoms with Crippen molar-refractivity contribution in [3.8, 4) is 67.8 Å². The zero-order valence-corrected chi connectivity index (χ0v) is 30.5. The van der Waals surface area contributed by atoms with Crippen molar-refractivity contribution >= 4 is 63.0 Å². The molecule has 2 nitrogen and oxygen atoms in total. The Morgan fingerprint density at radius 2 is 0.648 bits per heavy atom. The van der Waals surface area contributed by atoms with Gasteiger partial charge in [0, 0.05) is 62.6 Å². The minimum absolute atomic E-state index is 0.660. The lowest BCUT2D eigenvalue weighted by atomic mass is 9.89.